The molecule has 0 N–H and O–H groups in total. The van der Waals surface area contributed by atoms with E-state index in [0.29, 0.717) is 25.9 Å². The van der Waals surface area contributed by atoms with Crippen LogP contribution in [0.1, 0.15) is 29.5 Å². The first kappa shape index (κ1) is 28.0. The fraction of sp³-hybridized carbons (Fsp3) is 0.333. The van der Waals surface area contributed by atoms with Gasteiger partial charge in [0, 0.05) is 13.1 Å². The van der Waals surface area contributed by atoms with Gasteiger partial charge in [-0.25, -0.2) is 0 Å². The molecule has 0 heterocycles. The van der Waals surface area contributed by atoms with E-state index in [2.05, 4.69) is 41.3 Å². The largest absolute Gasteiger partial charge is 0.286 e. The molecule has 0 aliphatic heterocycles. The molecule has 3 aromatic carbocycles. The minimum Gasteiger partial charge on any atom is -0.286 e. The molecule has 3 rings (SSSR count). The molecule has 0 unspecified atom stereocenters. The first-order valence-corrected chi connectivity index (χ1v) is 15.4. The van der Waals surface area contributed by atoms with Crippen LogP contribution in [0.3, 0.4) is 0 Å². The van der Waals surface area contributed by atoms with Crippen LogP contribution in [0.5, 0.6) is 0 Å². The van der Waals surface area contributed by atoms with Crippen LogP contribution in [-0.4, -0.2) is 60.6 Å². The van der Waals surface area contributed by atoms with Gasteiger partial charge in [0.25, 0.3) is 20.2 Å². The lowest BCUT2D eigenvalue weighted by Crippen LogP contribution is -2.49. The SMILES string of the molecule is CS(=O)(=O)OCCCN(CCCOS(C)(=O)=O)C(c1ccccc1)(c1ccccc1)c1ccccc1. The lowest BCUT2D eigenvalue weighted by atomic mass is 9.75. The van der Waals surface area contributed by atoms with E-state index in [1.807, 2.05) is 54.6 Å². The summed E-state index contributed by atoms with van der Waals surface area (Å²) in [4.78, 5) is 2.25. The van der Waals surface area contributed by atoms with E-state index in [0.717, 1.165) is 29.2 Å². The van der Waals surface area contributed by atoms with Gasteiger partial charge in [-0.2, -0.15) is 16.8 Å². The van der Waals surface area contributed by atoms with E-state index in [4.69, 9.17) is 8.37 Å². The summed E-state index contributed by atoms with van der Waals surface area (Å²) in [7, 11) is -7.11. The Labute approximate surface area is 214 Å². The summed E-state index contributed by atoms with van der Waals surface area (Å²) in [5.74, 6) is 0. The lowest BCUT2D eigenvalue weighted by Gasteiger charge is -2.46. The highest BCUT2D eigenvalue weighted by Gasteiger charge is 2.41. The fourth-order valence-electron chi connectivity index (χ4n) is 4.46. The summed E-state index contributed by atoms with van der Waals surface area (Å²) >= 11 is 0. The summed E-state index contributed by atoms with van der Waals surface area (Å²) in [6.07, 6.45) is 2.98. The fourth-order valence-corrected chi connectivity index (χ4v) is 5.31. The molecule has 36 heavy (non-hydrogen) atoms. The minimum absolute atomic E-state index is 0.0453. The van der Waals surface area contributed by atoms with Crippen molar-refractivity contribution in [2.75, 3.05) is 38.8 Å². The number of hydrogen-bond donors (Lipinski definition) is 0. The van der Waals surface area contributed by atoms with Gasteiger partial charge in [0.2, 0.25) is 0 Å². The molecule has 0 fully saturated rings. The number of benzene rings is 3. The Morgan fingerprint density at radius 2 is 0.889 bits per heavy atom. The molecule has 3 aromatic rings. The van der Waals surface area contributed by atoms with Gasteiger partial charge < -0.3 is 0 Å². The average molecular weight is 532 g/mol. The quantitative estimate of drug-likeness (QED) is 0.176. The van der Waals surface area contributed by atoms with Crippen molar-refractivity contribution in [3.8, 4) is 0 Å². The Morgan fingerprint density at radius 1 is 0.583 bits per heavy atom. The van der Waals surface area contributed by atoms with Gasteiger partial charge in [-0.1, -0.05) is 91.0 Å². The summed E-state index contributed by atoms with van der Waals surface area (Å²) in [5.41, 5.74) is 2.39. The van der Waals surface area contributed by atoms with Crippen molar-refractivity contribution in [3.05, 3.63) is 108 Å². The minimum atomic E-state index is -3.56. The monoisotopic (exact) mass is 531 g/mol. The van der Waals surface area contributed by atoms with Crippen LogP contribution in [0.2, 0.25) is 0 Å². The molecule has 0 aliphatic carbocycles. The molecule has 194 valence electrons. The van der Waals surface area contributed by atoms with Crippen LogP contribution in [-0.2, 0) is 34.1 Å². The van der Waals surface area contributed by atoms with E-state index in [1.165, 1.54) is 0 Å². The Kier molecular flexibility index (Phi) is 9.81. The molecule has 0 spiro atoms. The van der Waals surface area contributed by atoms with Crippen LogP contribution >= 0.6 is 0 Å². The second-order valence-electron chi connectivity index (χ2n) is 8.55. The van der Waals surface area contributed by atoms with Crippen LogP contribution < -0.4 is 0 Å². The van der Waals surface area contributed by atoms with Crippen LogP contribution in [0, 0.1) is 0 Å². The highest BCUT2D eigenvalue weighted by molar-refractivity contribution is 7.86. The third-order valence-electron chi connectivity index (χ3n) is 5.79. The Balaban J connectivity index is 2.11. The number of nitrogens with zero attached hydrogens (tertiary/aromatic N) is 1. The summed E-state index contributed by atoms with van der Waals surface area (Å²) < 4.78 is 56.2. The number of rotatable bonds is 14. The molecule has 0 saturated carbocycles. The molecule has 0 aromatic heterocycles. The number of hydrogen-bond acceptors (Lipinski definition) is 7. The zero-order valence-corrected chi connectivity index (χ0v) is 22.2. The molecule has 9 heteroatoms. The smallest absolute Gasteiger partial charge is 0.264 e. The van der Waals surface area contributed by atoms with Crippen molar-refractivity contribution in [1.82, 2.24) is 4.90 Å². The van der Waals surface area contributed by atoms with Gasteiger partial charge in [0.1, 0.15) is 0 Å². The van der Waals surface area contributed by atoms with Crippen molar-refractivity contribution < 1.29 is 25.2 Å². The van der Waals surface area contributed by atoms with E-state index in [1.54, 1.807) is 0 Å². The van der Waals surface area contributed by atoms with Gasteiger partial charge in [-0.05, 0) is 29.5 Å². The first-order chi connectivity index (χ1) is 17.1. The van der Waals surface area contributed by atoms with Gasteiger partial charge in [-0.3, -0.25) is 13.3 Å². The second kappa shape index (κ2) is 12.6. The maximum atomic E-state index is 11.5. The van der Waals surface area contributed by atoms with E-state index >= 15 is 0 Å². The summed E-state index contributed by atoms with van der Waals surface area (Å²) in [6, 6.07) is 30.3. The molecular formula is C27H33NO6S2. The molecule has 0 saturated heterocycles. The van der Waals surface area contributed by atoms with Crippen molar-refractivity contribution >= 4 is 20.2 Å². The topological polar surface area (TPSA) is 90.0 Å². The average Bonchev–Trinajstić information content (AvgIpc) is 2.85. The molecule has 0 bridgehead atoms. The highest BCUT2D eigenvalue weighted by atomic mass is 32.2. The zero-order chi connectivity index (χ0) is 26.1. The third-order valence-corrected chi connectivity index (χ3v) is 6.98. The summed E-state index contributed by atoms with van der Waals surface area (Å²) in [6.45, 7) is 1.08. The van der Waals surface area contributed by atoms with Crippen molar-refractivity contribution in [2.45, 2.75) is 18.4 Å². The predicted molar refractivity (Wildman–Crippen MR) is 142 cm³/mol. The van der Waals surface area contributed by atoms with Crippen molar-refractivity contribution in [2.24, 2.45) is 0 Å². The second-order valence-corrected chi connectivity index (χ2v) is 11.8. The summed E-state index contributed by atoms with van der Waals surface area (Å²) in [5, 5.41) is 0. The van der Waals surface area contributed by atoms with E-state index in [-0.39, 0.29) is 13.2 Å². The van der Waals surface area contributed by atoms with Crippen molar-refractivity contribution in [3.63, 3.8) is 0 Å². The lowest BCUT2D eigenvalue weighted by molar-refractivity contribution is 0.134. The predicted octanol–water partition coefficient (Wildman–Crippen LogP) is 4.01. The third kappa shape index (κ3) is 7.72. The maximum absolute atomic E-state index is 11.5. The van der Waals surface area contributed by atoms with Crippen LogP contribution in [0.15, 0.2) is 91.0 Å². The normalized spacial score (nSPS) is 12.6. The van der Waals surface area contributed by atoms with Crippen LogP contribution in [0.25, 0.3) is 0 Å². The maximum Gasteiger partial charge on any atom is 0.264 e. The van der Waals surface area contributed by atoms with Gasteiger partial charge in [-0.15, -0.1) is 0 Å². The highest BCUT2D eigenvalue weighted by Crippen LogP contribution is 2.42. The Bertz CT molecular complexity index is 1150. The molecule has 7 nitrogen and oxygen atoms in total. The first-order valence-electron chi connectivity index (χ1n) is 11.7. The van der Waals surface area contributed by atoms with Gasteiger partial charge in [0.15, 0.2) is 0 Å². The zero-order valence-electron chi connectivity index (χ0n) is 20.6. The Morgan fingerprint density at radius 3 is 1.17 bits per heavy atom. The molecule has 0 amide bonds. The van der Waals surface area contributed by atoms with Crippen LogP contribution in [0.4, 0.5) is 0 Å². The van der Waals surface area contributed by atoms with Crippen molar-refractivity contribution in [1.29, 1.82) is 0 Å². The molecular weight excluding hydrogens is 498 g/mol. The molecule has 0 atom stereocenters. The molecule has 0 aliphatic rings. The molecule has 0 radical (unpaired) electrons. The van der Waals surface area contributed by atoms with Gasteiger partial charge in [0.05, 0.1) is 31.3 Å². The standard InChI is InChI=1S/C27H33NO6S2/c1-35(29,30)33-22-12-20-28(21-13-23-34-36(2,31)32)27(24-14-6-3-7-15-24,25-16-8-4-9-17-25)26-18-10-5-11-19-26/h3-11,14-19H,12-13,20-23H2,1-2H3. The van der Waals surface area contributed by atoms with Gasteiger partial charge >= 0.3 is 0 Å². The van der Waals surface area contributed by atoms with E-state index in [9.17, 15) is 16.8 Å². The Hall–Kier alpha value is -2.56. The van der Waals surface area contributed by atoms with E-state index < -0.39 is 25.8 Å².